The van der Waals surface area contributed by atoms with Gasteiger partial charge in [0.05, 0.1) is 16.6 Å². The first-order valence-corrected chi connectivity index (χ1v) is 14.9. The molecule has 0 heterocycles. The van der Waals surface area contributed by atoms with Crippen LogP contribution in [0.4, 0.5) is 0 Å². The van der Waals surface area contributed by atoms with E-state index in [1.807, 2.05) is 6.92 Å². The van der Waals surface area contributed by atoms with Gasteiger partial charge in [0.1, 0.15) is 0 Å². The Hall–Kier alpha value is 0.307. The largest absolute Gasteiger partial charge is 0.406 e. The molecule has 0 bridgehead atoms. The molecule has 1 aliphatic rings. The van der Waals surface area contributed by atoms with Crippen molar-refractivity contribution in [1.29, 1.82) is 0 Å². The second-order valence-electron chi connectivity index (χ2n) is 8.41. The van der Waals surface area contributed by atoms with E-state index in [-0.39, 0.29) is 18.5 Å². The van der Waals surface area contributed by atoms with Gasteiger partial charge in [-0.1, -0.05) is 100 Å². The van der Waals surface area contributed by atoms with Gasteiger partial charge in [-0.3, -0.25) is 0 Å². The first-order chi connectivity index (χ1) is 13.4. The van der Waals surface area contributed by atoms with E-state index in [0.717, 1.165) is 10.8 Å². The Kier molecular flexibility index (Phi) is 13.5. The second kappa shape index (κ2) is 14.3. The Morgan fingerprint density at radius 3 is 2.29 bits per heavy atom. The van der Waals surface area contributed by atoms with E-state index >= 15 is 0 Å². The van der Waals surface area contributed by atoms with Crippen LogP contribution in [0.1, 0.15) is 80.1 Å². The van der Waals surface area contributed by atoms with Gasteiger partial charge in [-0.05, 0) is 30.8 Å². The van der Waals surface area contributed by atoms with Crippen molar-refractivity contribution in [2.24, 2.45) is 0 Å². The first kappa shape index (κ1) is 26.3. The number of ether oxygens (including phenoxy) is 2. The van der Waals surface area contributed by atoms with Crippen LogP contribution in [-0.4, -0.2) is 37.8 Å². The van der Waals surface area contributed by atoms with Gasteiger partial charge in [-0.15, -0.1) is 0 Å². The van der Waals surface area contributed by atoms with Crippen LogP contribution in [0.3, 0.4) is 0 Å². The van der Waals surface area contributed by atoms with Crippen molar-refractivity contribution in [3.63, 3.8) is 0 Å². The molecule has 0 aromatic heterocycles. The van der Waals surface area contributed by atoms with Crippen LogP contribution in [0.5, 0.6) is 0 Å². The van der Waals surface area contributed by atoms with Crippen molar-refractivity contribution in [2.45, 2.75) is 110 Å². The maximum absolute atomic E-state index is 6.90. The minimum absolute atomic E-state index is 0.0976. The highest BCUT2D eigenvalue weighted by Crippen LogP contribution is 2.38. The molecule has 1 rings (SSSR count). The summed E-state index contributed by atoms with van der Waals surface area (Å²) in [5.74, 6) is 0. The number of rotatable bonds is 15. The Morgan fingerprint density at radius 1 is 1.04 bits per heavy atom. The maximum atomic E-state index is 6.90. The topological polar surface area (TPSA) is 27.7 Å². The van der Waals surface area contributed by atoms with Crippen LogP contribution in [0.2, 0.25) is 11.1 Å². The monoisotopic (exact) mass is 522 g/mol. The fourth-order valence-corrected chi connectivity index (χ4v) is 8.33. The molecule has 0 radical (unpaired) electrons. The van der Waals surface area contributed by atoms with Crippen LogP contribution < -0.4 is 0 Å². The van der Waals surface area contributed by atoms with Crippen molar-refractivity contribution in [1.82, 2.24) is 0 Å². The molecule has 0 fully saturated rings. The fourth-order valence-electron chi connectivity index (χ4n) is 3.91. The molecule has 0 amide bonds. The van der Waals surface area contributed by atoms with Crippen molar-refractivity contribution >= 4 is 30.9 Å². The molecule has 1 unspecified atom stereocenters. The average molecular weight is 523 g/mol. The molecule has 0 aliphatic heterocycles. The Balaban J connectivity index is 2.69. The molecule has 0 aromatic carbocycles. The van der Waals surface area contributed by atoms with Gasteiger partial charge >= 0.3 is 0 Å². The predicted octanol–water partition coefficient (Wildman–Crippen LogP) is 7.35. The molecule has 0 spiro atoms. The molecular formula is C23H43IO3Si. The van der Waals surface area contributed by atoms with Gasteiger partial charge in [-0.25, -0.2) is 0 Å². The standard InChI is InChI=1S/C23H43IO3Si/c1-7-9-10-11-12-13-16-28(19(3)4,20(5)6)27-22-15-14-21(17-22)26-23(18-24)25-8-2/h13-16,19-23H,7-12,17-18H2,1-6H3/b16-13+/t21-,22+,23?/m1/s1. The third-order valence-electron chi connectivity index (χ3n) is 5.57. The third kappa shape index (κ3) is 8.58. The molecule has 0 saturated heterocycles. The molecule has 164 valence electrons. The molecule has 28 heavy (non-hydrogen) atoms. The SMILES string of the molecule is CCCCCC/C=C/[Si](O[C@H]1C=C[C@@H](OC(CI)OCC)C1)(C(C)C)C(C)C. The molecule has 1 aliphatic carbocycles. The van der Waals surface area contributed by atoms with Crippen LogP contribution in [-0.2, 0) is 13.9 Å². The summed E-state index contributed by atoms with van der Waals surface area (Å²) in [6, 6.07) is 0. The average Bonchev–Trinajstić information content (AvgIpc) is 3.09. The van der Waals surface area contributed by atoms with E-state index in [1.54, 1.807) is 0 Å². The van der Waals surface area contributed by atoms with E-state index < -0.39 is 8.32 Å². The number of alkyl halides is 1. The zero-order valence-electron chi connectivity index (χ0n) is 19.0. The summed E-state index contributed by atoms with van der Waals surface area (Å²) in [6.45, 7) is 14.3. The van der Waals surface area contributed by atoms with E-state index in [0.29, 0.717) is 17.7 Å². The minimum Gasteiger partial charge on any atom is -0.406 e. The molecule has 3 nitrogen and oxygen atoms in total. The number of hydrogen-bond donors (Lipinski definition) is 0. The lowest BCUT2D eigenvalue weighted by molar-refractivity contribution is -0.142. The van der Waals surface area contributed by atoms with Crippen LogP contribution in [0.15, 0.2) is 23.9 Å². The number of halogens is 1. The Bertz CT molecular complexity index is 457. The molecule has 0 N–H and O–H groups in total. The molecule has 0 saturated carbocycles. The van der Waals surface area contributed by atoms with Crippen molar-refractivity contribution in [3.05, 3.63) is 23.9 Å². The summed E-state index contributed by atoms with van der Waals surface area (Å²) in [4.78, 5) is 0. The summed E-state index contributed by atoms with van der Waals surface area (Å²) in [7, 11) is -2.00. The van der Waals surface area contributed by atoms with Crippen LogP contribution in [0.25, 0.3) is 0 Å². The Labute approximate surface area is 188 Å². The molecular weight excluding hydrogens is 479 g/mol. The number of allylic oxidation sites excluding steroid dienone is 1. The number of unbranched alkanes of at least 4 members (excludes halogenated alkanes) is 4. The predicted molar refractivity (Wildman–Crippen MR) is 132 cm³/mol. The molecule has 0 aromatic rings. The Morgan fingerprint density at radius 2 is 1.71 bits per heavy atom. The first-order valence-electron chi connectivity index (χ1n) is 11.3. The summed E-state index contributed by atoms with van der Waals surface area (Å²) in [5, 5.41) is 0. The minimum atomic E-state index is -2.00. The van der Waals surface area contributed by atoms with E-state index in [9.17, 15) is 0 Å². The lowest BCUT2D eigenvalue weighted by atomic mass is 10.2. The summed E-state index contributed by atoms with van der Waals surface area (Å²) < 4.78 is 19.5. The smallest absolute Gasteiger partial charge is 0.222 e. The lowest BCUT2D eigenvalue weighted by Crippen LogP contribution is -2.46. The van der Waals surface area contributed by atoms with Gasteiger partial charge in [0.2, 0.25) is 8.32 Å². The maximum Gasteiger partial charge on any atom is 0.222 e. The summed E-state index contributed by atoms with van der Waals surface area (Å²) >= 11 is 2.32. The van der Waals surface area contributed by atoms with E-state index in [1.165, 1.54) is 32.1 Å². The molecule has 3 atom stereocenters. The van der Waals surface area contributed by atoms with E-state index in [2.05, 4.69) is 81.1 Å². The van der Waals surface area contributed by atoms with Gasteiger partial charge in [0.25, 0.3) is 0 Å². The third-order valence-corrected chi connectivity index (χ3v) is 11.4. The molecule has 5 heteroatoms. The normalized spacial score (nSPS) is 21.5. The van der Waals surface area contributed by atoms with Gasteiger partial charge in [0, 0.05) is 13.0 Å². The fraction of sp³-hybridized carbons (Fsp3) is 0.826. The summed E-state index contributed by atoms with van der Waals surface area (Å²) in [6.07, 6.45) is 14.3. The van der Waals surface area contributed by atoms with Gasteiger partial charge < -0.3 is 13.9 Å². The highest BCUT2D eigenvalue weighted by molar-refractivity contribution is 14.1. The van der Waals surface area contributed by atoms with Crippen molar-refractivity contribution in [3.8, 4) is 0 Å². The van der Waals surface area contributed by atoms with Gasteiger partial charge in [-0.2, -0.15) is 0 Å². The van der Waals surface area contributed by atoms with Crippen molar-refractivity contribution < 1.29 is 13.9 Å². The van der Waals surface area contributed by atoms with Crippen LogP contribution >= 0.6 is 22.6 Å². The summed E-state index contributed by atoms with van der Waals surface area (Å²) in [5.41, 5.74) is 3.60. The lowest BCUT2D eigenvalue weighted by Gasteiger charge is -2.38. The number of hydrogen-bond acceptors (Lipinski definition) is 3. The highest BCUT2D eigenvalue weighted by atomic mass is 127. The second-order valence-corrected chi connectivity index (χ2v) is 13.9. The highest BCUT2D eigenvalue weighted by Gasteiger charge is 2.42. The van der Waals surface area contributed by atoms with E-state index in [4.69, 9.17) is 13.9 Å². The van der Waals surface area contributed by atoms with Crippen LogP contribution in [0, 0.1) is 0 Å². The van der Waals surface area contributed by atoms with Gasteiger partial charge in [0.15, 0.2) is 6.29 Å². The van der Waals surface area contributed by atoms with Crippen molar-refractivity contribution in [2.75, 3.05) is 11.0 Å². The zero-order valence-corrected chi connectivity index (χ0v) is 22.1. The quantitative estimate of drug-likeness (QED) is 0.0562. The zero-order chi connectivity index (χ0) is 21.0.